The molecular weight excluding hydrogens is 222 g/mol. The summed E-state index contributed by atoms with van der Waals surface area (Å²) in [5, 5.41) is 3.57. The van der Waals surface area contributed by atoms with E-state index in [0.29, 0.717) is 6.04 Å². The van der Waals surface area contributed by atoms with Crippen LogP contribution in [0.4, 0.5) is 0 Å². The fourth-order valence-electron chi connectivity index (χ4n) is 2.19. The highest BCUT2D eigenvalue weighted by atomic mass is 16.5. The standard InChI is InChI=1S/C16H27NO/c1-6-17-15(10-7-12(2)3)14-9-8-13(4)16(11-14)18-5/h8-9,11-12,15,17H,6-7,10H2,1-5H3. The van der Waals surface area contributed by atoms with Crippen molar-refractivity contribution >= 4 is 0 Å². The zero-order chi connectivity index (χ0) is 13.5. The summed E-state index contributed by atoms with van der Waals surface area (Å²) in [7, 11) is 1.74. The molecule has 1 aromatic rings. The molecule has 0 saturated heterocycles. The first-order valence-electron chi connectivity index (χ1n) is 6.96. The molecular formula is C16H27NO. The first-order chi connectivity index (χ1) is 8.58. The van der Waals surface area contributed by atoms with Gasteiger partial charge in [-0.15, -0.1) is 0 Å². The molecule has 0 saturated carbocycles. The van der Waals surface area contributed by atoms with E-state index in [9.17, 15) is 0 Å². The molecule has 1 N–H and O–H groups in total. The average Bonchev–Trinajstić information content (AvgIpc) is 2.35. The van der Waals surface area contributed by atoms with Crippen LogP contribution in [0.2, 0.25) is 0 Å². The van der Waals surface area contributed by atoms with Gasteiger partial charge >= 0.3 is 0 Å². The molecule has 0 aliphatic heterocycles. The maximum atomic E-state index is 5.41. The number of rotatable bonds is 7. The van der Waals surface area contributed by atoms with Gasteiger partial charge in [-0.25, -0.2) is 0 Å². The van der Waals surface area contributed by atoms with Crippen LogP contribution in [0.5, 0.6) is 5.75 Å². The molecule has 0 amide bonds. The second-order valence-electron chi connectivity index (χ2n) is 5.31. The zero-order valence-electron chi connectivity index (χ0n) is 12.4. The topological polar surface area (TPSA) is 21.3 Å². The predicted octanol–water partition coefficient (Wildman–Crippen LogP) is 4.09. The maximum absolute atomic E-state index is 5.41. The summed E-state index contributed by atoms with van der Waals surface area (Å²) in [5.41, 5.74) is 2.53. The van der Waals surface area contributed by atoms with Gasteiger partial charge in [0.15, 0.2) is 0 Å². The number of aryl methyl sites for hydroxylation is 1. The lowest BCUT2D eigenvalue weighted by Gasteiger charge is -2.20. The third kappa shape index (κ3) is 4.34. The molecule has 102 valence electrons. The van der Waals surface area contributed by atoms with Crippen molar-refractivity contribution in [2.24, 2.45) is 5.92 Å². The lowest BCUT2D eigenvalue weighted by atomic mass is 9.96. The van der Waals surface area contributed by atoms with Gasteiger partial charge in [0.25, 0.3) is 0 Å². The predicted molar refractivity (Wildman–Crippen MR) is 78.2 cm³/mol. The van der Waals surface area contributed by atoms with Crippen LogP contribution >= 0.6 is 0 Å². The zero-order valence-corrected chi connectivity index (χ0v) is 12.4. The molecule has 2 nitrogen and oxygen atoms in total. The number of hydrogen-bond acceptors (Lipinski definition) is 2. The Hall–Kier alpha value is -1.02. The van der Waals surface area contributed by atoms with Crippen molar-refractivity contribution in [1.29, 1.82) is 0 Å². The van der Waals surface area contributed by atoms with E-state index in [1.165, 1.54) is 24.0 Å². The maximum Gasteiger partial charge on any atom is 0.122 e. The number of nitrogens with one attached hydrogen (secondary N) is 1. The van der Waals surface area contributed by atoms with E-state index in [4.69, 9.17) is 4.74 Å². The number of benzene rings is 1. The van der Waals surface area contributed by atoms with E-state index in [1.807, 2.05) is 0 Å². The summed E-state index contributed by atoms with van der Waals surface area (Å²) in [6.45, 7) is 9.79. The normalized spacial score (nSPS) is 12.8. The Bertz CT molecular complexity index is 360. The van der Waals surface area contributed by atoms with Gasteiger partial charge in [0, 0.05) is 6.04 Å². The fraction of sp³-hybridized carbons (Fsp3) is 0.625. The third-order valence-electron chi connectivity index (χ3n) is 3.32. The highest BCUT2D eigenvalue weighted by Gasteiger charge is 2.12. The second kappa shape index (κ2) is 7.42. The SMILES string of the molecule is CCNC(CCC(C)C)c1ccc(C)c(OC)c1. The molecule has 0 bridgehead atoms. The monoisotopic (exact) mass is 249 g/mol. The molecule has 1 aromatic carbocycles. The largest absolute Gasteiger partial charge is 0.496 e. The van der Waals surface area contributed by atoms with Gasteiger partial charge in [-0.3, -0.25) is 0 Å². The summed E-state index contributed by atoms with van der Waals surface area (Å²) in [6.07, 6.45) is 2.42. The third-order valence-corrected chi connectivity index (χ3v) is 3.32. The van der Waals surface area contributed by atoms with Gasteiger partial charge in [-0.1, -0.05) is 32.9 Å². The molecule has 0 radical (unpaired) electrons. The first kappa shape index (κ1) is 15.0. The van der Waals surface area contributed by atoms with Gasteiger partial charge in [-0.05, 0) is 49.4 Å². The van der Waals surface area contributed by atoms with Crippen LogP contribution in [0.25, 0.3) is 0 Å². The molecule has 0 aliphatic carbocycles. The molecule has 0 aromatic heterocycles. The summed E-state index contributed by atoms with van der Waals surface area (Å²) in [4.78, 5) is 0. The lowest BCUT2D eigenvalue weighted by Crippen LogP contribution is -2.21. The molecule has 0 spiro atoms. The van der Waals surface area contributed by atoms with Crippen molar-refractivity contribution in [3.05, 3.63) is 29.3 Å². The second-order valence-corrected chi connectivity index (χ2v) is 5.31. The van der Waals surface area contributed by atoms with Crippen molar-refractivity contribution in [3.63, 3.8) is 0 Å². The van der Waals surface area contributed by atoms with Crippen LogP contribution in [0.1, 0.15) is 50.8 Å². The van der Waals surface area contributed by atoms with Gasteiger partial charge in [0.05, 0.1) is 7.11 Å². The molecule has 18 heavy (non-hydrogen) atoms. The van der Waals surface area contributed by atoms with Crippen LogP contribution < -0.4 is 10.1 Å². The number of methoxy groups -OCH3 is 1. The molecule has 1 rings (SSSR count). The number of ether oxygens (including phenoxy) is 1. The highest BCUT2D eigenvalue weighted by Crippen LogP contribution is 2.26. The van der Waals surface area contributed by atoms with Crippen molar-refractivity contribution in [3.8, 4) is 5.75 Å². The van der Waals surface area contributed by atoms with Crippen molar-refractivity contribution in [1.82, 2.24) is 5.32 Å². The fourth-order valence-corrected chi connectivity index (χ4v) is 2.19. The van der Waals surface area contributed by atoms with Crippen LogP contribution in [-0.4, -0.2) is 13.7 Å². The minimum absolute atomic E-state index is 0.437. The van der Waals surface area contributed by atoms with E-state index >= 15 is 0 Å². The van der Waals surface area contributed by atoms with Crippen LogP contribution in [0.15, 0.2) is 18.2 Å². The smallest absolute Gasteiger partial charge is 0.122 e. The Morgan fingerprint density at radius 3 is 2.50 bits per heavy atom. The van der Waals surface area contributed by atoms with Crippen LogP contribution in [0, 0.1) is 12.8 Å². The van der Waals surface area contributed by atoms with Crippen molar-refractivity contribution in [2.45, 2.75) is 46.6 Å². The Kier molecular flexibility index (Phi) is 6.20. The molecule has 2 heteroatoms. The lowest BCUT2D eigenvalue weighted by molar-refractivity contribution is 0.407. The van der Waals surface area contributed by atoms with Gasteiger partial charge < -0.3 is 10.1 Å². The van der Waals surface area contributed by atoms with Gasteiger partial charge in [0.2, 0.25) is 0 Å². The molecule has 0 heterocycles. The average molecular weight is 249 g/mol. The molecule has 0 fully saturated rings. The minimum atomic E-state index is 0.437. The summed E-state index contributed by atoms with van der Waals surface area (Å²) < 4.78 is 5.41. The van der Waals surface area contributed by atoms with E-state index in [2.05, 4.69) is 51.2 Å². The molecule has 1 unspecified atom stereocenters. The molecule has 1 atom stereocenters. The van der Waals surface area contributed by atoms with Crippen molar-refractivity contribution < 1.29 is 4.74 Å². The Balaban J connectivity index is 2.83. The highest BCUT2D eigenvalue weighted by molar-refractivity contribution is 5.37. The Morgan fingerprint density at radius 2 is 1.94 bits per heavy atom. The van der Waals surface area contributed by atoms with Crippen LogP contribution in [-0.2, 0) is 0 Å². The van der Waals surface area contributed by atoms with Gasteiger partial charge in [-0.2, -0.15) is 0 Å². The van der Waals surface area contributed by atoms with Crippen molar-refractivity contribution in [2.75, 3.05) is 13.7 Å². The summed E-state index contributed by atoms with van der Waals surface area (Å²) >= 11 is 0. The van der Waals surface area contributed by atoms with E-state index in [0.717, 1.165) is 18.2 Å². The summed E-state index contributed by atoms with van der Waals surface area (Å²) in [5.74, 6) is 1.73. The van der Waals surface area contributed by atoms with Crippen LogP contribution in [0.3, 0.4) is 0 Å². The van der Waals surface area contributed by atoms with E-state index in [1.54, 1.807) is 7.11 Å². The first-order valence-corrected chi connectivity index (χ1v) is 6.96. The van der Waals surface area contributed by atoms with Gasteiger partial charge in [0.1, 0.15) is 5.75 Å². The Morgan fingerprint density at radius 1 is 1.22 bits per heavy atom. The summed E-state index contributed by atoms with van der Waals surface area (Å²) in [6, 6.07) is 6.97. The minimum Gasteiger partial charge on any atom is -0.496 e. The van der Waals surface area contributed by atoms with E-state index < -0.39 is 0 Å². The number of hydrogen-bond donors (Lipinski definition) is 1. The quantitative estimate of drug-likeness (QED) is 0.786. The van der Waals surface area contributed by atoms with E-state index in [-0.39, 0.29) is 0 Å². The molecule has 0 aliphatic rings. The Labute approximate surface area is 112 Å².